The number of carbonyl (C=O) groups is 1. The number of nitrogens with zero attached hydrogens (tertiary/aromatic N) is 1. The Bertz CT molecular complexity index is 446. The van der Waals surface area contributed by atoms with Gasteiger partial charge >= 0.3 is 0 Å². The summed E-state index contributed by atoms with van der Waals surface area (Å²) in [4.78, 5) is 13.1. The van der Waals surface area contributed by atoms with Crippen LogP contribution in [-0.2, 0) is 4.79 Å². The Hall–Kier alpha value is -1.61. The van der Waals surface area contributed by atoms with Gasteiger partial charge in [-0.3, -0.25) is 4.79 Å². The predicted molar refractivity (Wildman–Crippen MR) is 68.3 cm³/mol. The highest BCUT2D eigenvalue weighted by Crippen LogP contribution is 2.20. The highest BCUT2D eigenvalue weighted by atomic mass is 35.5. The molecule has 0 aliphatic rings. The van der Waals surface area contributed by atoms with E-state index in [4.69, 9.17) is 11.6 Å². The summed E-state index contributed by atoms with van der Waals surface area (Å²) < 4.78 is 13.3. The summed E-state index contributed by atoms with van der Waals surface area (Å²) in [6.45, 7) is 0. The van der Waals surface area contributed by atoms with Crippen molar-refractivity contribution >= 4 is 23.5 Å². The van der Waals surface area contributed by atoms with E-state index < -0.39 is 5.82 Å². The van der Waals surface area contributed by atoms with E-state index in [1.807, 2.05) is 0 Å². The van der Waals surface area contributed by atoms with E-state index in [0.29, 0.717) is 0 Å². The monoisotopic (exact) mass is 253 g/mol. The predicted octanol–water partition coefficient (Wildman–Crippen LogP) is 3.14. The van der Waals surface area contributed by atoms with Crippen molar-refractivity contribution in [3.05, 3.63) is 53.0 Å². The fourth-order valence-electron chi connectivity index (χ4n) is 1.11. The molecule has 0 N–H and O–H groups in total. The van der Waals surface area contributed by atoms with E-state index >= 15 is 0 Å². The molecule has 0 aliphatic carbocycles. The molecule has 2 nitrogen and oxygen atoms in total. The van der Waals surface area contributed by atoms with Crippen molar-refractivity contribution in [2.24, 2.45) is 0 Å². The van der Waals surface area contributed by atoms with Crippen molar-refractivity contribution in [1.82, 2.24) is 4.90 Å². The fraction of sp³-hybridized carbons (Fsp3) is 0.154. The fourth-order valence-corrected chi connectivity index (χ4v) is 1.34. The molecular formula is C13H13ClFNO. The lowest BCUT2D eigenvalue weighted by Crippen LogP contribution is -2.01. The maximum absolute atomic E-state index is 13.3. The molecule has 0 saturated carbocycles. The van der Waals surface area contributed by atoms with Crippen LogP contribution in [0, 0.1) is 5.82 Å². The summed E-state index contributed by atoms with van der Waals surface area (Å²) in [6.07, 6.45) is 5.67. The molecule has 0 radical (unpaired) electrons. The summed E-state index contributed by atoms with van der Waals surface area (Å²) in [6, 6.07) is 4.39. The Kier molecular flexibility index (Phi) is 4.91. The average Bonchev–Trinajstić information content (AvgIpc) is 2.25. The highest BCUT2D eigenvalue weighted by Gasteiger charge is 2.02. The quantitative estimate of drug-likeness (QED) is 0.769. The van der Waals surface area contributed by atoms with Crippen LogP contribution < -0.4 is 0 Å². The first-order valence-corrected chi connectivity index (χ1v) is 5.39. The molecule has 17 heavy (non-hydrogen) atoms. The van der Waals surface area contributed by atoms with Gasteiger partial charge in [0.15, 0.2) is 5.78 Å². The SMILES string of the molecule is CN(C)/C=C/C(=O)/C=C/c1c(F)cccc1Cl. The van der Waals surface area contributed by atoms with Crippen molar-refractivity contribution in [3.8, 4) is 0 Å². The molecule has 0 amide bonds. The van der Waals surface area contributed by atoms with Crippen LogP contribution in [0.5, 0.6) is 0 Å². The molecule has 0 saturated heterocycles. The lowest BCUT2D eigenvalue weighted by atomic mass is 10.2. The van der Waals surface area contributed by atoms with Gasteiger partial charge in [-0.25, -0.2) is 4.39 Å². The van der Waals surface area contributed by atoms with Crippen molar-refractivity contribution in [2.75, 3.05) is 14.1 Å². The van der Waals surface area contributed by atoms with Crippen LogP contribution in [0.1, 0.15) is 5.56 Å². The molecule has 0 heterocycles. The summed E-state index contributed by atoms with van der Waals surface area (Å²) in [5, 5.41) is 0.283. The number of hydrogen-bond donors (Lipinski definition) is 0. The molecule has 0 aromatic heterocycles. The minimum Gasteiger partial charge on any atom is -0.383 e. The molecule has 0 fully saturated rings. The van der Waals surface area contributed by atoms with Gasteiger partial charge in [0.05, 0.1) is 5.02 Å². The molecule has 0 spiro atoms. The van der Waals surface area contributed by atoms with E-state index in [2.05, 4.69) is 0 Å². The summed E-state index contributed by atoms with van der Waals surface area (Å²) in [5.41, 5.74) is 0.223. The van der Waals surface area contributed by atoms with Gasteiger partial charge in [0, 0.05) is 31.9 Å². The highest BCUT2D eigenvalue weighted by molar-refractivity contribution is 6.32. The molecule has 0 aliphatic heterocycles. The van der Waals surface area contributed by atoms with E-state index in [1.165, 1.54) is 30.4 Å². The van der Waals surface area contributed by atoms with Crippen LogP contribution >= 0.6 is 11.6 Å². The number of halogens is 2. The van der Waals surface area contributed by atoms with E-state index in [0.717, 1.165) is 0 Å². The van der Waals surface area contributed by atoms with E-state index in [-0.39, 0.29) is 16.4 Å². The summed E-state index contributed by atoms with van der Waals surface area (Å²) in [7, 11) is 3.61. The molecule has 1 aromatic carbocycles. The number of carbonyl (C=O) groups excluding carboxylic acids is 1. The van der Waals surface area contributed by atoms with Gasteiger partial charge in [-0.1, -0.05) is 17.7 Å². The maximum Gasteiger partial charge on any atom is 0.180 e. The van der Waals surface area contributed by atoms with E-state index in [1.54, 1.807) is 31.3 Å². The van der Waals surface area contributed by atoms with Crippen LogP contribution in [0.2, 0.25) is 5.02 Å². The Morgan fingerprint density at radius 2 is 2.06 bits per heavy atom. The minimum absolute atomic E-state index is 0.223. The lowest BCUT2D eigenvalue weighted by molar-refractivity contribution is -0.110. The molecule has 1 rings (SSSR count). The Morgan fingerprint density at radius 1 is 1.35 bits per heavy atom. The van der Waals surface area contributed by atoms with Gasteiger partial charge in [0.2, 0.25) is 0 Å². The molecular weight excluding hydrogens is 241 g/mol. The zero-order chi connectivity index (χ0) is 12.8. The smallest absolute Gasteiger partial charge is 0.180 e. The number of hydrogen-bond acceptors (Lipinski definition) is 2. The van der Waals surface area contributed by atoms with Gasteiger partial charge in [-0.2, -0.15) is 0 Å². The normalized spacial score (nSPS) is 11.3. The first-order valence-electron chi connectivity index (χ1n) is 5.01. The third-order valence-electron chi connectivity index (χ3n) is 1.95. The second-order valence-electron chi connectivity index (χ2n) is 3.65. The first-order chi connectivity index (χ1) is 8.00. The van der Waals surface area contributed by atoms with Crippen molar-refractivity contribution < 1.29 is 9.18 Å². The van der Waals surface area contributed by atoms with Crippen molar-refractivity contribution in [3.63, 3.8) is 0 Å². The Morgan fingerprint density at radius 3 is 2.65 bits per heavy atom. The largest absolute Gasteiger partial charge is 0.383 e. The second-order valence-corrected chi connectivity index (χ2v) is 4.06. The Balaban J connectivity index is 2.81. The molecule has 0 unspecified atom stereocenters. The average molecular weight is 254 g/mol. The maximum atomic E-state index is 13.3. The third-order valence-corrected chi connectivity index (χ3v) is 2.28. The standard InChI is InChI=1S/C13H13ClFNO/c1-16(2)9-8-10(17)6-7-11-12(14)4-3-5-13(11)15/h3-9H,1-2H3/b7-6+,9-8+. The second kappa shape index (κ2) is 6.21. The van der Waals surface area contributed by atoms with Gasteiger partial charge in [0.25, 0.3) is 0 Å². The van der Waals surface area contributed by atoms with Crippen LogP contribution in [0.4, 0.5) is 4.39 Å². The van der Waals surface area contributed by atoms with Crippen LogP contribution in [-0.4, -0.2) is 24.8 Å². The topological polar surface area (TPSA) is 20.3 Å². The van der Waals surface area contributed by atoms with E-state index in [9.17, 15) is 9.18 Å². The summed E-state index contributed by atoms with van der Waals surface area (Å²) >= 11 is 5.81. The zero-order valence-corrected chi connectivity index (χ0v) is 10.4. The van der Waals surface area contributed by atoms with Gasteiger partial charge in [-0.05, 0) is 24.3 Å². The number of benzene rings is 1. The molecule has 4 heteroatoms. The Labute approximate surface area is 105 Å². The molecule has 0 bridgehead atoms. The lowest BCUT2D eigenvalue weighted by Gasteiger charge is -2.01. The van der Waals surface area contributed by atoms with Crippen molar-refractivity contribution in [1.29, 1.82) is 0 Å². The summed E-state index contributed by atoms with van der Waals surface area (Å²) in [5.74, 6) is -0.670. The van der Waals surface area contributed by atoms with Crippen LogP contribution in [0.15, 0.2) is 36.6 Å². The molecule has 0 atom stereocenters. The van der Waals surface area contributed by atoms with Gasteiger partial charge in [-0.15, -0.1) is 0 Å². The number of ketones is 1. The zero-order valence-electron chi connectivity index (χ0n) is 9.65. The number of allylic oxidation sites excluding steroid dienone is 2. The first kappa shape index (κ1) is 13.5. The van der Waals surface area contributed by atoms with Gasteiger partial charge in [0.1, 0.15) is 5.82 Å². The molecule has 1 aromatic rings. The van der Waals surface area contributed by atoms with Gasteiger partial charge < -0.3 is 4.90 Å². The van der Waals surface area contributed by atoms with Crippen molar-refractivity contribution in [2.45, 2.75) is 0 Å². The molecule has 90 valence electrons. The third kappa shape index (κ3) is 4.41. The minimum atomic E-state index is -0.446. The van der Waals surface area contributed by atoms with Crippen LogP contribution in [0.25, 0.3) is 6.08 Å². The number of rotatable bonds is 4. The van der Waals surface area contributed by atoms with Crippen LogP contribution in [0.3, 0.4) is 0 Å².